The van der Waals surface area contributed by atoms with E-state index in [9.17, 15) is 53.4 Å². The van der Waals surface area contributed by atoms with Crippen LogP contribution in [0.4, 0.5) is 0 Å². The topological polar surface area (TPSA) is 441 Å². The van der Waals surface area contributed by atoms with Crippen molar-refractivity contribution in [3.8, 4) is 0 Å². The number of guanidine groups is 2. The van der Waals surface area contributed by atoms with Gasteiger partial charge in [-0.25, -0.2) is 4.79 Å². The molecule has 25 nitrogen and oxygen atoms in total. The van der Waals surface area contributed by atoms with Gasteiger partial charge in [0.1, 0.15) is 30.2 Å². The maximum absolute atomic E-state index is 13.6. The molecular weight excluding hydrogens is 770 g/mol. The molecule has 7 atom stereocenters. The molecule has 25 heteroatoms. The van der Waals surface area contributed by atoms with Crippen LogP contribution in [0.1, 0.15) is 78.6 Å². The summed E-state index contributed by atoms with van der Waals surface area (Å²) in [6.45, 7) is 4.06. The van der Waals surface area contributed by atoms with E-state index >= 15 is 0 Å². The van der Waals surface area contributed by atoms with Gasteiger partial charge >= 0.3 is 17.9 Å². The highest BCUT2D eigenvalue weighted by atomic mass is 16.4. The lowest BCUT2D eigenvalue weighted by Crippen LogP contribution is -2.59. The SMILES string of the molecule is CCC(C)C(NC(=O)C(C)NC(=O)C(CCCN=C(N)N)NC(=O)C(N)CCC(=O)O)C(=O)NC(CCC(=O)O)C(=O)NCC(=O)NC(CCCN=C(N)N)C(=O)O. The molecule has 0 saturated carbocycles. The van der Waals surface area contributed by atoms with E-state index < -0.39 is 121 Å². The minimum Gasteiger partial charge on any atom is -0.481 e. The number of nitrogens with two attached hydrogens (primary N) is 5. The van der Waals surface area contributed by atoms with Gasteiger partial charge in [0.05, 0.1) is 12.6 Å². The molecule has 0 aliphatic heterocycles. The minimum atomic E-state index is -1.52. The van der Waals surface area contributed by atoms with Gasteiger partial charge in [0.15, 0.2) is 11.9 Å². The number of amides is 6. The molecule has 0 aromatic rings. The second kappa shape index (κ2) is 27.3. The van der Waals surface area contributed by atoms with E-state index in [1.54, 1.807) is 13.8 Å². The Balaban J connectivity index is 5.83. The molecule has 0 spiro atoms. The van der Waals surface area contributed by atoms with Crippen molar-refractivity contribution in [2.45, 2.75) is 115 Å². The largest absolute Gasteiger partial charge is 0.481 e. The fraction of sp³-hybridized carbons (Fsp3) is 0.667. The summed E-state index contributed by atoms with van der Waals surface area (Å²) in [6.07, 6.45) is -0.966. The zero-order valence-electron chi connectivity index (χ0n) is 32.8. The number of nitrogens with zero attached hydrogens (tertiary/aromatic N) is 2. The number of aliphatic carboxylic acids is 3. The third-order valence-corrected chi connectivity index (χ3v) is 8.41. The van der Waals surface area contributed by atoms with Gasteiger partial charge in [0.25, 0.3) is 0 Å². The standard InChI is InChI=1S/C33H59N13O12/c1-4-16(2)25(46-26(52)17(3)42-29(55)19(7-5-13-39-32(35)36)44-27(53)18(34)9-11-23(48)49)30(56)45-20(10-12-24(50)51)28(54)41-15-22(47)43-21(31(57)58)8-6-14-40-33(37)38/h16-21,25H,4-15,34H2,1-3H3,(H,41,54)(H,42,55)(H,43,47)(H,44,53)(H,45,56)(H,46,52)(H,48,49)(H,50,51)(H,57,58)(H4,35,36,39)(H4,37,38,40). The molecule has 0 aliphatic rings. The summed E-state index contributed by atoms with van der Waals surface area (Å²) in [5.74, 6) is -10.1. The molecule has 0 heterocycles. The maximum Gasteiger partial charge on any atom is 0.326 e. The number of aliphatic imine (C=N–C) groups is 2. The van der Waals surface area contributed by atoms with E-state index in [0.29, 0.717) is 6.42 Å². The Hall–Kier alpha value is -6.27. The van der Waals surface area contributed by atoms with Crippen molar-refractivity contribution in [1.29, 1.82) is 0 Å². The first-order valence-electron chi connectivity index (χ1n) is 18.4. The van der Waals surface area contributed by atoms with Crippen LogP contribution in [-0.4, -0.2) is 136 Å². The molecule has 0 bridgehead atoms. The molecule has 58 heavy (non-hydrogen) atoms. The Morgan fingerprint density at radius 1 is 0.586 bits per heavy atom. The minimum absolute atomic E-state index is 0.0193. The summed E-state index contributed by atoms with van der Waals surface area (Å²) in [7, 11) is 0. The monoisotopic (exact) mass is 829 g/mol. The Bertz CT molecular complexity index is 1500. The first-order chi connectivity index (χ1) is 27.1. The summed E-state index contributed by atoms with van der Waals surface area (Å²) in [6, 6.07) is -8.02. The highest BCUT2D eigenvalue weighted by Gasteiger charge is 2.33. The van der Waals surface area contributed by atoms with E-state index in [0.717, 1.165) is 0 Å². The van der Waals surface area contributed by atoms with E-state index in [1.807, 2.05) is 0 Å². The fourth-order valence-electron chi connectivity index (χ4n) is 4.92. The number of carboxylic acids is 3. The molecule has 19 N–H and O–H groups in total. The van der Waals surface area contributed by atoms with Crippen molar-refractivity contribution >= 4 is 65.3 Å². The van der Waals surface area contributed by atoms with Gasteiger partial charge in [-0.05, 0) is 51.4 Å². The molecule has 7 unspecified atom stereocenters. The van der Waals surface area contributed by atoms with Gasteiger partial charge in [-0.3, -0.25) is 48.3 Å². The summed E-state index contributed by atoms with van der Waals surface area (Å²) >= 11 is 0. The van der Waals surface area contributed by atoms with E-state index in [1.165, 1.54) is 6.92 Å². The Morgan fingerprint density at radius 2 is 1.09 bits per heavy atom. The number of rotatable bonds is 29. The summed E-state index contributed by atoms with van der Waals surface area (Å²) in [5, 5.41) is 41.9. The Kier molecular flexibility index (Phi) is 24.4. The molecule has 0 saturated heterocycles. The molecule has 6 amide bonds. The van der Waals surface area contributed by atoms with Crippen molar-refractivity contribution in [2.75, 3.05) is 19.6 Å². The van der Waals surface area contributed by atoms with Gasteiger partial charge in [-0.1, -0.05) is 20.3 Å². The lowest BCUT2D eigenvalue weighted by molar-refractivity contribution is -0.142. The Labute approximate surface area is 334 Å². The van der Waals surface area contributed by atoms with Crippen molar-refractivity contribution < 1.29 is 58.5 Å². The second-order valence-corrected chi connectivity index (χ2v) is 13.3. The predicted molar refractivity (Wildman–Crippen MR) is 207 cm³/mol. The molecule has 0 aromatic heterocycles. The van der Waals surface area contributed by atoms with Crippen LogP contribution < -0.4 is 60.6 Å². The lowest BCUT2D eigenvalue weighted by Gasteiger charge is -2.28. The molecule has 0 radical (unpaired) electrons. The first kappa shape index (κ1) is 51.7. The van der Waals surface area contributed by atoms with Crippen LogP contribution in [0.2, 0.25) is 0 Å². The number of nitrogens with one attached hydrogen (secondary N) is 6. The van der Waals surface area contributed by atoms with Gasteiger partial charge in [0.2, 0.25) is 35.4 Å². The normalized spacial score (nSPS) is 14.3. The van der Waals surface area contributed by atoms with Crippen LogP contribution in [0.15, 0.2) is 9.98 Å². The number of carbonyl (C=O) groups is 9. The average Bonchev–Trinajstić information content (AvgIpc) is 3.14. The first-order valence-corrected chi connectivity index (χ1v) is 18.4. The summed E-state index contributed by atoms with van der Waals surface area (Å²) in [5.41, 5.74) is 26.9. The summed E-state index contributed by atoms with van der Waals surface area (Å²) in [4.78, 5) is 120. The van der Waals surface area contributed by atoms with Gasteiger partial charge in [0, 0.05) is 25.9 Å². The molecule has 0 fully saturated rings. The molecule has 328 valence electrons. The van der Waals surface area contributed by atoms with Crippen molar-refractivity contribution in [3.63, 3.8) is 0 Å². The third-order valence-electron chi connectivity index (χ3n) is 8.41. The van der Waals surface area contributed by atoms with Gasteiger partial charge in [-0.2, -0.15) is 0 Å². The molecule has 0 rings (SSSR count). The zero-order chi connectivity index (χ0) is 44.5. The fourth-order valence-corrected chi connectivity index (χ4v) is 4.92. The number of carboxylic acid groups (broad SMARTS) is 3. The summed E-state index contributed by atoms with van der Waals surface area (Å²) < 4.78 is 0. The van der Waals surface area contributed by atoms with E-state index in [2.05, 4.69) is 41.9 Å². The van der Waals surface area contributed by atoms with E-state index in [-0.39, 0.29) is 57.1 Å². The van der Waals surface area contributed by atoms with Crippen LogP contribution in [-0.2, 0) is 43.2 Å². The number of hydrogen-bond donors (Lipinski definition) is 14. The van der Waals surface area contributed by atoms with Crippen molar-refractivity contribution in [2.24, 2.45) is 44.6 Å². The van der Waals surface area contributed by atoms with Crippen molar-refractivity contribution in [3.05, 3.63) is 0 Å². The van der Waals surface area contributed by atoms with Crippen LogP contribution in [0.3, 0.4) is 0 Å². The smallest absolute Gasteiger partial charge is 0.326 e. The van der Waals surface area contributed by atoms with Crippen LogP contribution in [0.25, 0.3) is 0 Å². The highest BCUT2D eigenvalue weighted by molar-refractivity contribution is 5.96. The predicted octanol–water partition coefficient (Wildman–Crippen LogP) is -5.16. The quantitative estimate of drug-likeness (QED) is 0.0190. The van der Waals surface area contributed by atoms with Crippen LogP contribution in [0, 0.1) is 5.92 Å². The highest BCUT2D eigenvalue weighted by Crippen LogP contribution is 2.11. The Morgan fingerprint density at radius 3 is 1.59 bits per heavy atom. The zero-order valence-corrected chi connectivity index (χ0v) is 32.8. The second-order valence-electron chi connectivity index (χ2n) is 13.3. The van der Waals surface area contributed by atoms with Crippen LogP contribution in [0.5, 0.6) is 0 Å². The lowest BCUT2D eigenvalue weighted by atomic mass is 9.97. The molecule has 0 aliphatic carbocycles. The van der Waals surface area contributed by atoms with Crippen molar-refractivity contribution in [1.82, 2.24) is 31.9 Å². The maximum atomic E-state index is 13.6. The van der Waals surface area contributed by atoms with Gasteiger partial charge < -0.3 is 75.9 Å². The average molecular weight is 830 g/mol. The third kappa shape index (κ3) is 22.3. The van der Waals surface area contributed by atoms with Crippen LogP contribution >= 0.6 is 0 Å². The molecule has 0 aromatic carbocycles. The van der Waals surface area contributed by atoms with E-state index in [4.69, 9.17) is 33.8 Å². The number of carbonyl (C=O) groups excluding carboxylic acids is 6. The molecular formula is C33H59N13O12. The van der Waals surface area contributed by atoms with Gasteiger partial charge in [-0.15, -0.1) is 0 Å². The number of hydrogen-bond acceptors (Lipinski definition) is 12.